The van der Waals surface area contributed by atoms with Crippen LogP contribution in [0.1, 0.15) is 19.3 Å². The summed E-state index contributed by atoms with van der Waals surface area (Å²) in [4.78, 5) is 26.3. The van der Waals surface area contributed by atoms with Crippen molar-refractivity contribution < 1.29 is 9.59 Å². The fourth-order valence-electron chi connectivity index (χ4n) is 2.86. The van der Waals surface area contributed by atoms with Crippen LogP contribution in [-0.2, 0) is 9.59 Å². The van der Waals surface area contributed by atoms with Gasteiger partial charge in [-0.15, -0.1) is 0 Å². The van der Waals surface area contributed by atoms with Crippen LogP contribution in [0.5, 0.6) is 0 Å². The molecule has 0 bridgehead atoms. The minimum absolute atomic E-state index is 0.284. The number of anilines is 3. The van der Waals surface area contributed by atoms with Crippen molar-refractivity contribution in [3.8, 4) is 0 Å². The summed E-state index contributed by atoms with van der Waals surface area (Å²) in [5, 5.41) is 6.10. The molecule has 3 rings (SSSR count). The second kappa shape index (κ2) is 8.43. The third kappa shape index (κ3) is 4.90. The van der Waals surface area contributed by atoms with Gasteiger partial charge in [-0.05, 0) is 55.3 Å². The Hall–Kier alpha value is -2.24. The predicted octanol–water partition coefficient (Wildman–Crippen LogP) is 4.56. The Morgan fingerprint density at radius 1 is 0.846 bits per heavy atom. The SMILES string of the molecule is O=C(CC(=O)Nc1ccc(Cl)c(Cl)c1)Nc1ccc(N2CCCC2)cc1. The monoisotopic (exact) mass is 391 g/mol. The highest BCUT2D eigenvalue weighted by Gasteiger charge is 2.13. The van der Waals surface area contributed by atoms with E-state index >= 15 is 0 Å². The van der Waals surface area contributed by atoms with Crippen molar-refractivity contribution in [3.63, 3.8) is 0 Å². The van der Waals surface area contributed by atoms with Crippen molar-refractivity contribution in [2.24, 2.45) is 0 Å². The lowest BCUT2D eigenvalue weighted by Gasteiger charge is -2.17. The quantitative estimate of drug-likeness (QED) is 0.734. The molecule has 2 aromatic carbocycles. The number of halogens is 2. The Labute approximate surface area is 162 Å². The maximum Gasteiger partial charge on any atom is 0.233 e. The van der Waals surface area contributed by atoms with Crippen molar-refractivity contribution in [2.75, 3.05) is 28.6 Å². The smallest absolute Gasteiger partial charge is 0.233 e. The van der Waals surface area contributed by atoms with E-state index in [4.69, 9.17) is 23.2 Å². The summed E-state index contributed by atoms with van der Waals surface area (Å²) in [5.74, 6) is -0.800. The van der Waals surface area contributed by atoms with Gasteiger partial charge in [0.25, 0.3) is 0 Å². The van der Waals surface area contributed by atoms with Gasteiger partial charge in [0, 0.05) is 30.2 Å². The molecule has 1 aliphatic rings. The van der Waals surface area contributed by atoms with Gasteiger partial charge in [0.1, 0.15) is 6.42 Å². The third-order valence-electron chi connectivity index (χ3n) is 4.15. The average molecular weight is 392 g/mol. The molecule has 5 nitrogen and oxygen atoms in total. The van der Waals surface area contributed by atoms with Crippen molar-refractivity contribution >= 4 is 52.1 Å². The van der Waals surface area contributed by atoms with E-state index in [1.54, 1.807) is 12.1 Å². The highest BCUT2D eigenvalue weighted by atomic mass is 35.5. The van der Waals surface area contributed by atoms with Crippen LogP contribution in [0.3, 0.4) is 0 Å². The molecule has 1 aliphatic heterocycles. The van der Waals surface area contributed by atoms with Gasteiger partial charge in [0.05, 0.1) is 10.0 Å². The second-order valence-electron chi connectivity index (χ2n) is 6.14. The number of amides is 2. The minimum atomic E-state index is -0.422. The average Bonchev–Trinajstić information content (AvgIpc) is 3.13. The standard InChI is InChI=1S/C19H19Cl2N3O2/c20-16-8-5-14(11-17(16)21)23-19(26)12-18(25)22-13-3-6-15(7-4-13)24-9-1-2-10-24/h3-8,11H,1-2,9-10,12H2,(H,22,25)(H,23,26). The van der Waals surface area contributed by atoms with Crippen LogP contribution < -0.4 is 15.5 Å². The van der Waals surface area contributed by atoms with Crippen LogP contribution in [0.4, 0.5) is 17.1 Å². The van der Waals surface area contributed by atoms with Crippen LogP contribution in [-0.4, -0.2) is 24.9 Å². The number of nitrogens with zero attached hydrogens (tertiary/aromatic N) is 1. The summed E-state index contributed by atoms with van der Waals surface area (Å²) in [6, 6.07) is 12.4. The Balaban J connectivity index is 1.51. The van der Waals surface area contributed by atoms with Crippen molar-refractivity contribution in [1.29, 1.82) is 0 Å². The highest BCUT2D eigenvalue weighted by Crippen LogP contribution is 2.25. The van der Waals surface area contributed by atoms with Crippen LogP contribution in [0.15, 0.2) is 42.5 Å². The molecule has 2 amide bonds. The summed E-state index contributed by atoms with van der Waals surface area (Å²) >= 11 is 11.7. The maximum atomic E-state index is 12.0. The van der Waals surface area contributed by atoms with E-state index in [0.29, 0.717) is 21.4 Å². The largest absolute Gasteiger partial charge is 0.372 e. The van der Waals surface area contributed by atoms with Gasteiger partial charge in [0.15, 0.2) is 0 Å². The first-order valence-electron chi connectivity index (χ1n) is 8.41. The Morgan fingerprint density at radius 2 is 1.42 bits per heavy atom. The van der Waals surface area contributed by atoms with Gasteiger partial charge in [-0.3, -0.25) is 9.59 Å². The van der Waals surface area contributed by atoms with E-state index in [-0.39, 0.29) is 12.3 Å². The highest BCUT2D eigenvalue weighted by molar-refractivity contribution is 6.42. The molecule has 7 heteroatoms. The number of nitrogens with one attached hydrogen (secondary N) is 2. The maximum absolute atomic E-state index is 12.0. The molecule has 2 aromatic rings. The van der Waals surface area contributed by atoms with E-state index in [2.05, 4.69) is 15.5 Å². The molecule has 0 spiro atoms. The lowest BCUT2D eigenvalue weighted by atomic mass is 10.2. The van der Waals surface area contributed by atoms with Gasteiger partial charge in [-0.2, -0.15) is 0 Å². The summed E-state index contributed by atoms with van der Waals surface area (Å²) in [6.45, 7) is 2.14. The van der Waals surface area contributed by atoms with E-state index in [1.165, 1.54) is 18.9 Å². The second-order valence-corrected chi connectivity index (χ2v) is 6.96. The number of benzene rings is 2. The number of carbonyl (C=O) groups excluding carboxylic acids is 2. The molecule has 0 unspecified atom stereocenters. The topological polar surface area (TPSA) is 61.4 Å². The molecular weight excluding hydrogens is 373 g/mol. The molecule has 136 valence electrons. The Morgan fingerprint density at radius 3 is 2.04 bits per heavy atom. The molecule has 0 atom stereocenters. The molecule has 0 saturated carbocycles. The van der Waals surface area contributed by atoms with E-state index in [0.717, 1.165) is 18.8 Å². The van der Waals surface area contributed by atoms with Crippen LogP contribution in [0, 0.1) is 0 Å². The van der Waals surface area contributed by atoms with Gasteiger partial charge >= 0.3 is 0 Å². The Bertz CT molecular complexity index is 803. The summed E-state index contributed by atoms with van der Waals surface area (Å²) in [6.07, 6.45) is 2.15. The number of rotatable bonds is 5. The van der Waals surface area contributed by atoms with Gasteiger partial charge in [-0.1, -0.05) is 23.2 Å². The van der Waals surface area contributed by atoms with Crippen LogP contribution >= 0.6 is 23.2 Å². The van der Waals surface area contributed by atoms with Gasteiger partial charge in [0.2, 0.25) is 11.8 Å². The molecule has 26 heavy (non-hydrogen) atoms. The van der Waals surface area contributed by atoms with E-state index < -0.39 is 5.91 Å². The van der Waals surface area contributed by atoms with Gasteiger partial charge in [-0.25, -0.2) is 0 Å². The summed E-state index contributed by atoms with van der Waals surface area (Å²) in [7, 11) is 0. The fourth-order valence-corrected chi connectivity index (χ4v) is 3.16. The molecule has 0 radical (unpaired) electrons. The number of hydrogen-bond donors (Lipinski definition) is 2. The van der Waals surface area contributed by atoms with E-state index in [1.807, 2.05) is 24.3 Å². The normalized spacial score (nSPS) is 13.5. The predicted molar refractivity (Wildman–Crippen MR) is 106 cm³/mol. The van der Waals surface area contributed by atoms with Crippen molar-refractivity contribution in [1.82, 2.24) is 0 Å². The first-order valence-corrected chi connectivity index (χ1v) is 9.16. The molecular formula is C19H19Cl2N3O2. The zero-order valence-electron chi connectivity index (χ0n) is 14.1. The molecule has 1 heterocycles. The first-order chi connectivity index (χ1) is 12.5. The molecule has 2 N–H and O–H groups in total. The molecule has 0 aromatic heterocycles. The zero-order chi connectivity index (χ0) is 18.5. The van der Waals surface area contributed by atoms with Crippen molar-refractivity contribution in [2.45, 2.75) is 19.3 Å². The van der Waals surface area contributed by atoms with E-state index in [9.17, 15) is 9.59 Å². The molecule has 0 aliphatic carbocycles. The summed E-state index contributed by atoms with van der Waals surface area (Å²) < 4.78 is 0. The number of carbonyl (C=O) groups is 2. The Kier molecular flexibility index (Phi) is 6.01. The minimum Gasteiger partial charge on any atom is -0.372 e. The zero-order valence-corrected chi connectivity index (χ0v) is 15.6. The molecule has 1 saturated heterocycles. The lowest BCUT2D eigenvalue weighted by Crippen LogP contribution is -2.21. The van der Waals surface area contributed by atoms with Gasteiger partial charge < -0.3 is 15.5 Å². The van der Waals surface area contributed by atoms with Crippen LogP contribution in [0.25, 0.3) is 0 Å². The third-order valence-corrected chi connectivity index (χ3v) is 4.89. The number of hydrogen-bond acceptors (Lipinski definition) is 3. The van der Waals surface area contributed by atoms with Crippen LogP contribution in [0.2, 0.25) is 10.0 Å². The first kappa shape index (κ1) is 18.5. The fraction of sp³-hybridized carbons (Fsp3) is 0.263. The summed E-state index contributed by atoms with van der Waals surface area (Å²) in [5.41, 5.74) is 2.31. The van der Waals surface area contributed by atoms with Crippen molar-refractivity contribution in [3.05, 3.63) is 52.5 Å². The lowest BCUT2D eigenvalue weighted by molar-refractivity contribution is -0.123. The molecule has 1 fully saturated rings.